The van der Waals surface area contributed by atoms with Crippen LogP contribution in [0.2, 0.25) is 0 Å². The second kappa shape index (κ2) is 6.64. The van der Waals surface area contributed by atoms with E-state index in [0.29, 0.717) is 6.04 Å². The first kappa shape index (κ1) is 13.2. The Labute approximate surface area is 109 Å². The van der Waals surface area contributed by atoms with E-state index in [4.69, 9.17) is 4.74 Å². The van der Waals surface area contributed by atoms with Crippen LogP contribution in [-0.4, -0.2) is 23.9 Å². The van der Waals surface area contributed by atoms with Gasteiger partial charge in [0.25, 0.3) is 0 Å². The lowest BCUT2D eigenvalue weighted by molar-refractivity contribution is 0.126. The van der Waals surface area contributed by atoms with Gasteiger partial charge < -0.3 is 15.2 Å². The van der Waals surface area contributed by atoms with Crippen molar-refractivity contribution in [3.8, 4) is 5.75 Å². The normalized spacial score (nSPS) is 23.7. The summed E-state index contributed by atoms with van der Waals surface area (Å²) in [5.74, 6) is 0.928. The average Bonchev–Trinajstić information content (AvgIpc) is 2.40. The van der Waals surface area contributed by atoms with Gasteiger partial charge in [-0.2, -0.15) is 0 Å². The van der Waals surface area contributed by atoms with Crippen molar-refractivity contribution in [3.05, 3.63) is 24.3 Å². The number of hydrogen-bond donors (Lipinski definition) is 2. The molecule has 2 N–H and O–H groups in total. The molecule has 0 heterocycles. The third kappa shape index (κ3) is 3.91. The van der Waals surface area contributed by atoms with Crippen LogP contribution >= 0.6 is 0 Å². The van der Waals surface area contributed by atoms with E-state index in [2.05, 4.69) is 24.4 Å². The molecule has 100 valence electrons. The Kier molecular flexibility index (Phi) is 4.88. The van der Waals surface area contributed by atoms with Crippen molar-refractivity contribution in [1.29, 1.82) is 0 Å². The minimum absolute atomic E-state index is 0.0951. The van der Waals surface area contributed by atoms with Gasteiger partial charge in [0.2, 0.25) is 0 Å². The zero-order chi connectivity index (χ0) is 12.8. The molecule has 1 fully saturated rings. The van der Waals surface area contributed by atoms with Crippen molar-refractivity contribution < 1.29 is 9.84 Å². The second-order valence-electron chi connectivity index (χ2n) is 5.03. The molecule has 2 rings (SSSR count). The molecular formula is C15H23NO2. The van der Waals surface area contributed by atoms with Crippen molar-refractivity contribution in [1.82, 2.24) is 0 Å². The first-order valence-electron chi connectivity index (χ1n) is 6.95. The van der Waals surface area contributed by atoms with E-state index in [0.717, 1.165) is 50.1 Å². The maximum absolute atomic E-state index is 9.49. The highest BCUT2D eigenvalue weighted by Gasteiger charge is 2.18. The summed E-state index contributed by atoms with van der Waals surface area (Å²) in [5.41, 5.74) is 1.12. The molecule has 0 saturated heterocycles. The van der Waals surface area contributed by atoms with E-state index < -0.39 is 0 Å². The molecule has 3 heteroatoms. The van der Waals surface area contributed by atoms with Gasteiger partial charge in [-0.3, -0.25) is 0 Å². The van der Waals surface area contributed by atoms with Gasteiger partial charge in [0.05, 0.1) is 12.7 Å². The van der Waals surface area contributed by atoms with Crippen LogP contribution in [0.25, 0.3) is 0 Å². The quantitative estimate of drug-likeness (QED) is 0.842. The van der Waals surface area contributed by atoms with E-state index in [1.807, 2.05) is 12.1 Å². The van der Waals surface area contributed by atoms with Gasteiger partial charge >= 0.3 is 0 Å². The molecule has 3 nitrogen and oxygen atoms in total. The summed E-state index contributed by atoms with van der Waals surface area (Å²) in [5, 5.41) is 13.0. The van der Waals surface area contributed by atoms with Gasteiger partial charge in [0, 0.05) is 17.8 Å². The zero-order valence-electron chi connectivity index (χ0n) is 11.1. The van der Waals surface area contributed by atoms with E-state index >= 15 is 0 Å². The molecule has 1 aliphatic rings. The Morgan fingerprint density at radius 2 is 2.06 bits per heavy atom. The fourth-order valence-electron chi connectivity index (χ4n) is 2.35. The minimum atomic E-state index is -0.0951. The molecule has 0 unspecified atom stereocenters. The zero-order valence-corrected chi connectivity index (χ0v) is 11.1. The Morgan fingerprint density at radius 3 is 2.78 bits per heavy atom. The SMILES string of the molecule is CCCOc1cccc(NC2CCC(O)CC2)c1. The summed E-state index contributed by atoms with van der Waals surface area (Å²) in [6.45, 7) is 2.87. The molecule has 0 amide bonds. The summed E-state index contributed by atoms with van der Waals surface area (Å²) in [4.78, 5) is 0. The summed E-state index contributed by atoms with van der Waals surface area (Å²) < 4.78 is 5.62. The van der Waals surface area contributed by atoms with Crippen molar-refractivity contribution in [2.45, 2.75) is 51.2 Å². The number of hydrogen-bond acceptors (Lipinski definition) is 3. The third-order valence-corrected chi connectivity index (χ3v) is 3.37. The van der Waals surface area contributed by atoms with Gasteiger partial charge in [0.1, 0.15) is 5.75 Å². The highest BCUT2D eigenvalue weighted by atomic mass is 16.5. The lowest BCUT2D eigenvalue weighted by atomic mass is 9.93. The van der Waals surface area contributed by atoms with Crippen LogP contribution in [0.1, 0.15) is 39.0 Å². The van der Waals surface area contributed by atoms with Crippen molar-refractivity contribution >= 4 is 5.69 Å². The van der Waals surface area contributed by atoms with Crippen LogP contribution in [0.15, 0.2) is 24.3 Å². The van der Waals surface area contributed by atoms with Crippen LogP contribution in [0, 0.1) is 0 Å². The van der Waals surface area contributed by atoms with Crippen LogP contribution in [0.3, 0.4) is 0 Å². The Bertz CT molecular complexity index is 359. The number of ether oxygens (including phenoxy) is 1. The minimum Gasteiger partial charge on any atom is -0.494 e. The lowest BCUT2D eigenvalue weighted by Gasteiger charge is -2.27. The van der Waals surface area contributed by atoms with E-state index in [1.165, 1.54) is 0 Å². The number of aliphatic hydroxyl groups is 1. The standard InChI is InChI=1S/C15H23NO2/c1-2-10-18-15-5-3-4-13(11-15)16-12-6-8-14(17)9-7-12/h3-5,11-12,14,16-17H,2,6-10H2,1H3. The molecular weight excluding hydrogens is 226 g/mol. The Balaban J connectivity index is 1.88. The molecule has 0 bridgehead atoms. The van der Waals surface area contributed by atoms with Crippen molar-refractivity contribution in [3.63, 3.8) is 0 Å². The molecule has 0 spiro atoms. The van der Waals surface area contributed by atoms with Gasteiger partial charge in [-0.15, -0.1) is 0 Å². The van der Waals surface area contributed by atoms with E-state index in [9.17, 15) is 5.11 Å². The topological polar surface area (TPSA) is 41.5 Å². The largest absolute Gasteiger partial charge is 0.494 e. The first-order valence-corrected chi connectivity index (χ1v) is 6.95. The van der Waals surface area contributed by atoms with E-state index in [-0.39, 0.29) is 6.10 Å². The molecule has 0 radical (unpaired) electrons. The molecule has 0 atom stereocenters. The summed E-state index contributed by atoms with van der Waals surface area (Å²) in [6, 6.07) is 8.62. The monoisotopic (exact) mass is 249 g/mol. The molecule has 1 saturated carbocycles. The maximum Gasteiger partial charge on any atom is 0.121 e. The number of nitrogens with one attached hydrogen (secondary N) is 1. The number of aliphatic hydroxyl groups excluding tert-OH is 1. The summed E-state index contributed by atoms with van der Waals surface area (Å²) in [6.07, 6.45) is 4.83. The molecule has 18 heavy (non-hydrogen) atoms. The molecule has 1 aromatic carbocycles. The number of rotatable bonds is 5. The third-order valence-electron chi connectivity index (χ3n) is 3.37. The number of benzene rings is 1. The fraction of sp³-hybridized carbons (Fsp3) is 0.600. The average molecular weight is 249 g/mol. The van der Waals surface area contributed by atoms with Crippen molar-refractivity contribution in [2.75, 3.05) is 11.9 Å². The van der Waals surface area contributed by atoms with Crippen LogP contribution in [0.5, 0.6) is 5.75 Å². The molecule has 1 aromatic rings. The van der Waals surface area contributed by atoms with Crippen molar-refractivity contribution in [2.24, 2.45) is 0 Å². The predicted octanol–water partition coefficient (Wildman–Crippen LogP) is 3.19. The highest BCUT2D eigenvalue weighted by Crippen LogP contribution is 2.24. The number of anilines is 1. The van der Waals surface area contributed by atoms with E-state index in [1.54, 1.807) is 0 Å². The van der Waals surface area contributed by atoms with Gasteiger partial charge in [0.15, 0.2) is 0 Å². The molecule has 1 aliphatic carbocycles. The smallest absolute Gasteiger partial charge is 0.121 e. The highest BCUT2D eigenvalue weighted by molar-refractivity contribution is 5.48. The van der Waals surface area contributed by atoms with Crippen LogP contribution in [-0.2, 0) is 0 Å². The van der Waals surface area contributed by atoms with Gasteiger partial charge in [-0.1, -0.05) is 13.0 Å². The van der Waals surface area contributed by atoms with Gasteiger partial charge in [-0.05, 0) is 44.2 Å². The predicted molar refractivity (Wildman–Crippen MR) is 74.1 cm³/mol. The summed E-state index contributed by atoms with van der Waals surface area (Å²) >= 11 is 0. The summed E-state index contributed by atoms with van der Waals surface area (Å²) in [7, 11) is 0. The lowest BCUT2D eigenvalue weighted by Crippen LogP contribution is -2.28. The van der Waals surface area contributed by atoms with Crippen LogP contribution in [0.4, 0.5) is 5.69 Å². The first-order chi connectivity index (χ1) is 8.78. The molecule has 0 aliphatic heterocycles. The Morgan fingerprint density at radius 1 is 1.28 bits per heavy atom. The maximum atomic E-state index is 9.49. The van der Waals surface area contributed by atoms with Crippen LogP contribution < -0.4 is 10.1 Å². The Hall–Kier alpha value is -1.22. The second-order valence-corrected chi connectivity index (χ2v) is 5.03. The van der Waals surface area contributed by atoms with Gasteiger partial charge in [-0.25, -0.2) is 0 Å². The molecule has 0 aromatic heterocycles. The fourth-order valence-corrected chi connectivity index (χ4v) is 2.35.